The summed E-state index contributed by atoms with van der Waals surface area (Å²) in [4.78, 5) is 11.0. The summed E-state index contributed by atoms with van der Waals surface area (Å²) in [6.45, 7) is 4.82. The molecule has 0 amide bonds. The highest BCUT2D eigenvalue weighted by Crippen LogP contribution is 2.62. The predicted molar refractivity (Wildman–Crippen MR) is 142 cm³/mol. The maximum atomic E-state index is 5.44. The Balaban J connectivity index is 1.18. The lowest BCUT2D eigenvalue weighted by Gasteiger charge is -2.60. The van der Waals surface area contributed by atoms with Gasteiger partial charge >= 0.3 is 0 Å². The third-order valence-electron chi connectivity index (χ3n) is 11.3. The van der Waals surface area contributed by atoms with Gasteiger partial charge in [0.2, 0.25) is 0 Å². The van der Waals surface area contributed by atoms with Crippen molar-refractivity contribution in [3.63, 3.8) is 0 Å². The van der Waals surface area contributed by atoms with Gasteiger partial charge in [-0.2, -0.15) is 0 Å². The molecule has 6 fully saturated rings. The lowest BCUT2D eigenvalue weighted by atomic mass is 9.47. The zero-order valence-corrected chi connectivity index (χ0v) is 22.0. The van der Waals surface area contributed by atoms with Gasteiger partial charge < -0.3 is 14.5 Å². The lowest BCUT2D eigenvalue weighted by molar-refractivity contribution is -0.0885. The van der Waals surface area contributed by atoms with E-state index in [0.29, 0.717) is 23.5 Å². The Bertz CT molecular complexity index is 913. The number of aliphatic imine (C=N–C) groups is 1. The standard InChI is InChI=1S/C31H45N3O/c1-21(31-16-23-12-24(17-31)14-25(13-23)18-31)34-27(15-22-8-10-28(35-2)11-9-22)20-33-29(19-32-30(33)34)26-6-4-3-5-7-26/h8-11,21,23-27,29H,3-7,12-20H2,1-2H3/t21?,23?,24?,25?,27-,29-,31?/m1/s1. The van der Waals surface area contributed by atoms with Crippen LogP contribution in [0.2, 0.25) is 0 Å². The summed E-state index contributed by atoms with van der Waals surface area (Å²) in [5, 5.41) is 0. The van der Waals surface area contributed by atoms with Gasteiger partial charge in [0.05, 0.1) is 25.7 Å². The molecule has 3 atom stereocenters. The second-order valence-electron chi connectivity index (χ2n) is 13.3. The Labute approximate surface area is 212 Å². The fourth-order valence-electron chi connectivity index (χ4n) is 10.0. The Hall–Kier alpha value is -1.71. The number of hydrogen-bond donors (Lipinski definition) is 0. The van der Waals surface area contributed by atoms with Gasteiger partial charge in [0, 0.05) is 12.6 Å². The van der Waals surface area contributed by atoms with Crippen LogP contribution >= 0.6 is 0 Å². The van der Waals surface area contributed by atoms with Crippen LogP contribution in [0.3, 0.4) is 0 Å². The van der Waals surface area contributed by atoms with E-state index >= 15 is 0 Å². The molecule has 4 heteroatoms. The van der Waals surface area contributed by atoms with Crippen molar-refractivity contribution < 1.29 is 4.74 Å². The fraction of sp³-hybridized carbons (Fsp3) is 0.774. The van der Waals surface area contributed by atoms with Crippen LogP contribution < -0.4 is 4.74 Å². The third-order valence-corrected chi connectivity index (χ3v) is 11.3. The molecule has 1 aromatic carbocycles. The van der Waals surface area contributed by atoms with Crippen molar-refractivity contribution in [3.05, 3.63) is 29.8 Å². The van der Waals surface area contributed by atoms with E-state index in [1.54, 1.807) is 7.11 Å². The highest BCUT2D eigenvalue weighted by molar-refractivity contribution is 5.85. The molecule has 1 unspecified atom stereocenters. The van der Waals surface area contributed by atoms with Gasteiger partial charge in [0.15, 0.2) is 5.96 Å². The molecule has 0 aromatic heterocycles. The van der Waals surface area contributed by atoms with E-state index in [9.17, 15) is 0 Å². The Morgan fingerprint density at radius 1 is 0.971 bits per heavy atom. The van der Waals surface area contributed by atoms with Crippen molar-refractivity contribution in [2.75, 3.05) is 20.2 Å². The molecule has 2 aliphatic heterocycles. The molecular weight excluding hydrogens is 430 g/mol. The van der Waals surface area contributed by atoms with Gasteiger partial charge in [-0.25, -0.2) is 0 Å². The van der Waals surface area contributed by atoms with E-state index in [0.717, 1.165) is 42.4 Å². The number of methoxy groups -OCH3 is 1. The van der Waals surface area contributed by atoms with Crippen LogP contribution in [0, 0.1) is 29.1 Å². The zero-order valence-electron chi connectivity index (χ0n) is 22.0. The SMILES string of the molecule is COc1ccc(C[C@@H]2CN3C(=NC[C@@H]3C3CCCCC3)N2C(C)C23CC4CC(CC(C4)C2)C3)cc1. The zero-order chi connectivity index (χ0) is 23.6. The number of fused-ring (bicyclic) bond motifs is 1. The second-order valence-corrected chi connectivity index (χ2v) is 13.3. The number of hydrogen-bond acceptors (Lipinski definition) is 4. The molecular formula is C31H45N3O. The predicted octanol–water partition coefficient (Wildman–Crippen LogP) is 6.15. The Kier molecular flexibility index (Phi) is 5.59. The van der Waals surface area contributed by atoms with Crippen molar-refractivity contribution in [2.24, 2.45) is 34.1 Å². The summed E-state index contributed by atoms with van der Waals surface area (Å²) in [5.74, 6) is 6.19. The van der Waals surface area contributed by atoms with Crippen LogP contribution in [0.4, 0.5) is 0 Å². The summed E-state index contributed by atoms with van der Waals surface area (Å²) in [6.07, 6.45) is 17.2. The Morgan fingerprint density at radius 3 is 2.26 bits per heavy atom. The largest absolute Gasteiger partial charge is 0.497 e. The first-order valence-corrected chi connectivity index (χ1v) is 14.8. The van der Waals surface area contributed by atoms with Crippen LogP contribution in [0.15, 0.2) is 29.3 Å². The number of rotatable bonds is 6. The van der Waals surface area contributed by atoms with Crippen molar-refractivity contribution in [2.45, 2.75) is 102 Å². The van der Waals surface area contributed by atoms with Crippen LogP contribution in [0.1, 0.15) is 83.1 Å². The molecule has 8 rings (SSSR count). The maximum Gasteiger partial charge on any atom is 0.197 e. The first-order valence-electron chi connectivity index (χ1n) is 14.8. The minimum atomic E-state index is 0.522. The Morgan fingerprint density at radius 2 is 1.63 bits per heavy atom. The third kappa shape index (κ3) is 3.80. The summed E-state index contributed by atoms with van der Waals surface area (Å²) < 4.78 is 5.44. The molecule has 7 aliphatic rings. The average Bonchev–Trinajstić information content (AvgIpc) is 3.42. The molecule has 5 saturated carbocycles. The topological polar surface area (TPSA) is 28.1 Å². The van der Waals surface area contributed by atoms with Crippen molar-refractivity contribution in [3.8, 4) is 5.75 Å². The van der Waals surface area contributed by atoms with Gasteiger partial charge in [0.25, 0.3) is 0 Å². The van der Waals surface area contributed by atoms with E-state index in [1.165, 1.54) is 88.7 Å². The number of nitrogens with zero attached hydrogens (tertiary/aromatic N) is 3. The summed E-state index contributed by atoms with van der Waals surface area (Å²) in [5.41, 5.74) is 1.96. The lowest BCUT2D eigenvalue weighted by Crippen LogP contribution is -2.58. The molecule has 190 valence electrons. The number of guanidine groups is 1. The molecule has 5 aliphatic carbocycles. The molecule has 4 bridgehead atoms. The fourth-order valence-corrected chi connectivity index (χ4v) is 10.0. The minimum Gasteiger partial charge on any atom is -0.497 e. The first kappa shape index (κ1) is 22.5. The van der Waals surface area contributed by atoms with Gasteiger partial charge in [0.1, 0.15) is 5.75 Å². The molecule has 1 saturated heterocycles. The van der Waals surface area contributed by atoms with Gasteiger partial charge in [-0.15, -0.1) is 0 Å². The van der Waals surface area contributed by atoms with Crippen LogP contribution in [-0.2, 0) is 6.42 Å². The van der Waals surface area contributed by atoms with Gasteiger partial charge in [-0.3, -0.25) is 4.99 Å². The van der Waals surface area contributed by atoms with Crippen LogP contribution in [0.5, 0.6) is 5.75 Å². The molecule has 2 heterocycles. The molecule has 4 nitrogen and oxygen atoms in total. The highest BCUT2D eigenvalue weighted by Gasteiger charge is 2.57. The van der Waals surface area contributed by atoms with Crippen molar-refractivity contribution in [1.82, 2.24) is 9.80 Å². The van der Waals surface area contributed by atoms with Crippen LogP contribution in [-0.4, -0.2) is 54.1 Å². The van der Waals surface area contributed by atoms with E-state index in [4.69, 9.17) is 9.73 Å². The number of benzene rings is 1. The molecule has 35 heavy (non-hydrogen) atoms. The van der Waals surface area contributed by atoms with E-state index in [1.807, 2.05) is 0 Å². The monoisotopic (exact) mass is 475 g/mol. The van der Waals surface area contributed by atoms with E-state index < -0.39 is 0 Å². The smallest absolute Gasteiger partial charge is 0.197 e. The summed E-state index contributed by atoms with van der Waals surface area (Å²) >= 11 is 0. The second kappa shape index (κ2) is 8.70. The van der Waals surface area contributed by atoms with Crippen molar-refractivity contribution in [1.29, 1.82) is 0 Å². The van der Waals surface area contributed by atoms with E-state index in [2.05, 4.69) is 41.0 Å². The van der Waals surface area contributed by atoms with Crippen molar-refractivity contribution >= 4 is 5.96 Å². The summed E-state index contributed by atoms with van der Waals surface area (Å²) in [6, 6.07) is 10.6. The molecule has 0 radical (unpaired) electrons. The normalized spacial score (nSPS) is 39.1. The van der Waals surface area contributed by atoms with Gasteiger partial charge in [-0.05, 0) is 111 Å². The molecule has 0 N–H and O–H groups in total. The maximum absolute atomic E-state index is 5.44. The number of ether oxygens (including phenoxy) is 1. The molecule has 0 spiro atoms. The highest BCUT2D eigenvalue weighted by atomic mass is 16.5. The quantitative estimate of drug-likeness (QED) is 0.494. The molecule has 1 aromatic rings. The minimum absolute atomic E-state index is 0.522. The van der Waals surface area contributed by atoms with Crippen LogP contribution in [0.25, 0.3) is 0 Å². The van der Waals surface area contributed by atoms with Gasteiger partial charge in [-0.1, -0.05) is 31.4 Å². The first-order chi connectivity index (χ1) is 17.1. The van der Waals surface area contributed by atoms with E-state index in [-0.39, 0.29) is 0 Å². The average molecular weight is 476 g/mol. The summed E-state index contributed by atoms with van der Waals surface area (Å²) in [7, 11) is 1.76.